The third kappa shape index (κ3) is 13.3. The van der Waals surface area contributed by atoms with Gasteiger partial charge in [0.1, 0.15) is 0 Å². The highest BCUT2D eigenvalue weighted by molar-refractivity contribution is 5.76. The van der Waals surface area contributed by atoms with Gasteiger partial charge in [-0.2, -0.15) is 0 Å². The van der Waals surface area contributed by atoms with E-state index in [0.717, 1.165) is 75.5 Å². The summed E-state index contributed by atoms with van der Waals surface area (Å²) in [6.07, 6.45) is 27.4. The maximum atomic E-state index is 12.5. The molecule has 2 heterocycles. The fourth-order valence-corrected chi connectivity index (χ4v) is 7.48. The monoisotopic (exact) mass is 561 g/mol. The van der Waals surface area contributed by atoms with Crippen LogP contribution in [0.5, 0.6) is 0 Å². The summed E-state index contributed by atoms with van der Waals surface area (Å²) >= 11 is 0. The lowest BCUT2D eigenvalue weighted by molar-refractivity contribution is -0.131. The van der Waals surface area contributed by atoms with Crippen LogP contribution in [0.25, 0.3) is 0 Å². The van der Waals surface area contributed by atoms with E-state index in [4.69, 9.17) is 0 Å². The van der Waals surface area contributed by atoms with Gasteiger partial charge in [-0.1, -0.05) is 143 Å². The molecule has 0 radical (unpaired) electrons. The van der Waals surface area contributed by atoms with Crippen molar-refractivity contribution in [2.75, 3.05) is 26.2 Å². The summed E-state index contributed by atoms with van der Waals surface area (Å²) < 4.78 is 0. The predicted molar refractivity (Wildman–Crippen MR) is 171 cm³/mol. The van der Waals surface area contributed by atoms with E-state index in [1.165, 1.54) is 116 Å². The summed E-state index contributed by atoms with van der Waals surface area (Å²) in [5.41, 5.74) is 0. The van der Waals surface area contributed by atoms with Crippen molar-refractivity contribution in [3.8, 4) is 0 Å². The lowest BCUT2D eigenvalue weighted by Gasteiger charge is -2.16. The van der Waals surface area contributed by atoms with Gasteiger partial charge in [0.25, 0.3) is 0 Å². The zero-order valence-electron chi connectivity index (χ0n) is 27.4. The first-order valence-corrected chi connectivity index (χ1v) is 18.1. The Hall–Kier alpha value is -1.06. The van der Waals surface area contributed by atoms with Gasteiger partial charge in [0.15, 0.2) is 0 Å². The molecule has 0 aromatic rings. The van der Waals surface area contributed by atoms with Crippen LogP contribution in [0, 0.1) is 23.7 Å². The second kappa shape index (κ2) is 21.6. The van der Waals surface area contributed by atoms with Gasteiger partial charge in [-0.15, -0.1) is 0 Å². The van der Waals surface area contributed by atoms with Crippen molar-refractivity contribution in [3.05, 3.63) is 0 Å². The van der Waals surface area contributed by atoms with Gasteiger partial charge in [0, 0.05) is 39.0 Å². The summed E-state index contributed by atoms with van der Waals surface area (Å²) in [6, 6.07) is 0. The first-order chi connectivity index (χ1) is 19.5. The van der Waals surface area contributed by atoms with Crippen molar-refractivity contribution in [3.63, 3.8) is 0 Å². The number of carbonyl (C=O) groups is 2. The van der Waals surface area contributed by atoms with Crippen LogP contribution >= 0.6 is 0 Å². The second-order valence-corrected chi connectivity index (χ2v) is 13.4. The summed E-state index contributed by atoms with van der Waals surface area (Å²) in [5.74, 6) is 3.75. The Morgan fingerprint density at radius 1 is 0.400 bits per heavy atom. The average molecular weight is 561 g/mol. The normalized spacial score (nSPS) is 22.9. The molecular formula is C36H68N2O2. The van der Waals surface area contributed by atoms with E-state index < -0.39 is 0 Å². The Balaban J connectivity index is 1.28. The molecule has 234 valence electrons. The maximum absolute atomic E-state index is 12.5. The average Bonchev–Trinajstić information content (AvgIpc) is 3.60. The quantitative estimate of drug-likeness (QED) is 0.117. The molecular weight excluding hydrogens is 492 g/mol. The zero-order chi connectivity index (χ0) is 29.0. The summed E-state index contributed by atoms with van der Waals surface area (Å²) in [4.78, 5) is 29.4. The lowest BCUT2D eigenvalue weighted by Crippen LogP contribution is -2.28. The molecule has 2 amide bonds. The SMILES string of the molecule is CCC1CN(C(=O)CCCCCCCCCCCCCCCCCCC(=O)N2CC(CC)C(CC)C2)CC1CC. The highest BCUT2D eigenvalue weighted by atomic mass is 16.2. The molecule has 2 rings (SSSR count). The Morgan fingerprint density at radius 3 is 0.800 bits per heavy atom. The second-order valence-electron chi connectivity index (χ2n) is 13.4. The van der Waals surface area contributed by atoms with Crippen LogP contribution in [-0.2, 0) is 9.59 Å². The minimum absolute atomic E-state index is 0.411. The van der Waals surface area contributed by atoms with Gasteiger partial charge < -0.3 is 9.80 Å². The summed E-state index contributed by atoms with van der Waals surface area (Å²) in [6.45, 7) is 13.1. The minimum atomic E-state index is 0.411. The van der Waals surface area contributed by atoms with Crippen LogP contribution in [0.2, 0.25) is 0 Å². The van der Waals surface area contributed by atoms with Gasteiger partial charge in [-0.3, -0.25) is 9.59 Å². The Bertz CT molecular complexity index is 585. The van der Waals surface area contributed by atoms with E-state index in [0.29, 0.717) is 11.8 Å². The first-order valence-electron chi connectivity index (χ1n) is 18.1. The van der Waals surface area contributed by atoms with Crippen molar-refractivity contribution < 1.29 is 9.59 Å². The summed E-state index contributed by atoms with van der Waals surface area (Å²) in [7, 11) is 0. The van der Waals surface area contributed by atoms with E-state index in [-0.39, 0.29) is 0 Å². The van der Waals surface area contributed by atoms with Crippen molar-refractivity contribution >= 4 is 11.8 Å². The van der Waals surface area contributed by atoms with Crippen LogP contribution in [0.15, 0.2) is 0 Å². The lowest BCUT2D eigenvalue weighted by atomic mass is 9.92. The molecule has 4 nitrogen and oxygen atoms in total. The third-order valence-corrected chi connectivity index (χ3v) is 10.5. The van der Waals surface area contributed by atoms with E-state index in [1.807, 2.05) is 0 Å². The number of amides is 2. The smallest absolute Gasteiger partial charge is 0.222 e. The number of carbonyl (C=O) groups excluding carboxylic acids is 2. The standard InChI is InChI=1S/C36H68N2O2/c1-5-31-27-37(28-32(31)6-2)35(39)25-23-21-19-17-15-13-11-9-10-12-14-16-18-20-22-24-26-36(40)38-29-33(7-3)34(8-4)30-38/h31-34H,5-30H2,1-4H3. The molecule has 0 saturated carbocycles. The molecule has 4 heteroatoms. The highest BCUT2D eigenvalue weighted by Crippen LogP contribution is 2.30. The van der Waals surface area contributed by atoms with Crippen LogP contribution in [0.1, 0.15) is 169 Å². The molecule has 4 unspecified atom stereocenters. The van der Waals surface area contributed by atoms with Gasteiger partial charge >= 0.3 is 0 Å². The topological polar surface area (TPSA) is 40.6 Å². The number of hydrogen-bond acceptors (Lipinski definition) is 2. The first kappa shape index (κ1) is 35.1. The number of unbranched alkanes of at least 4 members (excludes halogenated alkanes) is 15. The van der Waals surface area contributed by atoms with E-state index in [9.17, 15) is 9.59 Å². The number of nitrogens with zero attached hydrogens (tertiary/aromatic N) is 2. The van der Waals surface area contributed by atoms with Crippen molar-refractivity contribution in [1.29, 1.82) is 0 Å². The number of hydrogen-bond donors (Lipinski definition) is 0. The fourth-order valence-electron chi connectivity index (χ4n) is 7.48. The Labute approximate surface area is 249 Å². The molecule has 2 aliphatic heterocycles. The molecule has 2 saturated heterocycles. The molecule has 0 spiro atoms. The third-order valence-electron chi connectivity index (χ3n) is 10.5. The van der Waals surface area contributed by atoms with Crippen LogP contribution in [0.3, 0.4) is 0 Å². The molecule has 4 atom stereocenters. The Morgan fingerprint density at radius 2 is 0.600 bits per heavy atom. The molecule has 0 N–H and O–H groups in total. The van der Waals surface area contributed by atoms with Gasteiger partial charge in [-0.25, -0.2) is 0 Å². The molecule has 2 fully saturated rings. The van der Waals surface area contributed by atoms with Crippen LogP contribution in [0.4, 0.5) is 0 Å². The van der Waals surface area contributed by atoms with Crippen LogP contribution in [-0.4, -0.2) is 47.8 Å². The van der Waals surface area contributed by atoms with E-state index >= 15 is 0 Å². The zero-order valence-corrected chi connectivity index (χ0v) is 27.4. The fraction of sp³-hybridized carbons (Fsp3) is 0.944. The highest BCUT2D eigenvalue weighted by Gasteiger charge is 2.33. The largest absolute Gasteiger partial charge is 0.342 e. The molecule has 0 aromatic heterocycles. The molecule has 0 bridgehead atoms. The minimum Gasteiger partial charge on any atom is -0.342 e. The predicted octanol–water partition coefficient (Wildman–Crippen LogP) is 9.80. The van der Waals surface area contributed by atoms with Crippen LogP contribution < -0.4 is 0 Å². The van der Waals surface area contributed by atoms with E-state index in [1.54, 1.807) is 0 Å². The molecule has 0 aliphatic carbocycles. The van der Waals surface area contributed by atoms with Crippen molar-refractivity contribution in [1.82, 2.24) is 9.80 Å². The van der Waals surface area contributed by atoms with Crippen molar-refractivity contribution in [2.45, 2.75) is 169 Å². The van der Waals surface area contributed by atoms with E-state index in [2.05, 4.69) is 37.5 Å². The van der Waals surface area contributed by atoms with Crippen molar-refractivity contribution in [2.24, 2.45) is 23.7 Å². The van der Waals surface area contributed by atoms with Gasteiger partial charge in [0.05, 0.1) is 0 Å². The maximum Gasteiger partial charge on any atom is 0.222 e. The molecule has 2 aliphatic rings. The van der Waals surface area contributed by atoms with Gasteiger partial charge in [-0.05, 0) is 36.5 Å². The molecule has 0 aromatic carbocycles. The Kier molecular flexibility index (Phi) is 19.0. The number of likely N-dealkylation sites (tertiary alicyclic amines) is 2. The van der Waals surface area contributed by atoms with Gasteiger partial charge in [0.2, 0.25) is 11.8 Å². The summed E-state index contributed by atoms with van der Waals surface area (Å²) in [5, 5.41) is 0. The molecule has 40 heavy (non-hydrogen) atoms. The number of rotatable bonds is 23.